The number of aliphatic hydroxyl groups is 1. The van der Waals surface area contributed by atoms with Crippen LogP contribution in [0.25, 0.3) is 0 Å². The van der Waals surface area contributed by atoms with E-state index in [0.29, 0.717) is 12.3 Å². The molecule has 0 aromatic heterocycles. The van der Waals surface area contributed by atoms with Crippen LogP contribution in [0.2, 0.25) is 0 Å². The fraction of sp³-hybridized carbons (Fsp3) is 0.368. The standard InChI is InChI=1S/C19H23NO5/c1-3-20(14-4-9-18-19(10-14)25-13-24-18)11-15(21)12-23-17-7-5-16(22-2)6-8-17/h4-10,15,21H,3,11-13H2,1-2H3. The predicted molar refractivity (Wildman–Crippen MR) is 94.9 cm³/mol. The first-order valence-electron chi connectivity index (χ1n) is 8.29. The van der Waals surface area contributed by atoms with Gasteiger partial charge in [0, 0.05) is 24.8 Å². The lowest BCUT2D eigenvalue weighted by molar-refractivity contribution is 0.112. The van der Waals surface area contributed by atoms with E-state index in [1.165, 1.54) is 0 Å². The molecule has 0 bridgehead atoms. The number of likely N-dealkylation sites (N-methyl/N-ethyl adjacent to an activating group) is 1. The summed E-state index contributed by atoms with van der Waals surface area (Å²) in [5, 5.41) is 10.3. The van der Waals surface area contributed by atoms with Crippen molar-refractivity contribution >= 4 is 5.69 Å². The van der Waals surface area contributed by atoms with E-state index >= 15 is 0 Å². The van der Waals surface area contributed by atoms with Crippen LogP contribution >= 0.6 is 0 Å². The minimum absolute atomic E-state index is 0.216. The zero-order valence-corrected chi connectivity index (χ0v) is 14.5. The average Bonchev–Trinajstić information content (AvgIpc) is 3.12. The van der Waals surface area contributed by atoms with E-state index in [4.69, 9.17) is 18.9 Å². The van der Waals surface area contributed by atoms with Crippen LogP contribution in [0.15, 0.2) is 42.5 Å². The molecule has 1 aliphatic heterocycles. The number of nitrogens with zero attached hydrogens (tertiary/aromatic N) is 1. The van der Waals surface area contributed by atoms with Crippen molar-refractivity contribution in [3.8, 4) is 23.0 Å². The number of rotatable bonds is 8. The highest BCUT2D eigenvalue weighted by Crippen LogP contribution is 2.35. The number of ether oxygens (including phenoxy) is 4. The summed E-state index contributed by atoms with van der Waals surface area (Å²) in [5.41, 5.74) is 0.982. The molecule has 1 heterocycles. The Morgan fingerprint density at radius 1 is 1.08 bits per heavy atom. The third-order valence-corrected chi connectivity index (χ3v) is 4.04. The molecule has 0 aliphatic carbocycles. The van der Waals surface area contributed by atoms with Gasteiger partial charge in [-0.3, -0.25) is 0 Å². The summed E-state index contributed by atoms with van der Waals surface area (Å²) in [6, 6.07) is 13.1. The molecule has 6 nitrogen and oxygen atoms in total. The van der Waals surface area contributed by atoms with E-state index in [2.05, 4.69) is 4.90 Å². The molecule has 0 saturated carbocycles. The second-order valence-corrected chi connectivity index (χ2v) is 5.72. The van der Waals surface area contributed by atoms with Crippen LogP contribution < -0.4 is 23.8 Å². The summed E-state index contributed by atoms with van der Waals surface area (Å²) in [6.07, 6.45) is -0.618. The molecular formula is C19H23NO5. The van der Waals surface area contributed by atoms with Crippen molar-refractivity contribution < 1.29 is 24.1 Å². The second-order valence-electron chi connectivity index (χ2n) is 5.72. The number of methoxy groups -OCH3 is 1. The van der Waals surface area contributed by atoms with Gasteiger partial charge in [-0.25, -0.2) is 0 Å². The van der Waals surface area contributed by atoms with Crippen molar-refractivity contribution in [3.05, 3.63) is 42.5 Å². The van der Waals surface area contributed by atoms with Gasteiger partial charge in [-0.2, -0.15) is 0 Å². The molecule has 0 saturated heterocycles. The summed E-state index contributed by atoms with van der Waals surface area (Å²) in [6.45, 7) is 3.74. The molecule has 25 heavy (non-hydrogen) atoms. The van der Waals surface area contributed by atoms with Crippen LogP contribution in [0, 0.1) is 0 Å². The van der Waals surface area contributed by atoms with Crippen LogP contribution in [0.4, 0.5) is 5.69 Å². The van der Waals surface area contributed by atoms with Crippen molar-refractivity contribution in [2.45, 2.75) is 13.0 Å². The minimum Gasteiger partial charge on any atom is -0.497 e. The molecular weight excluding hydrogens is 322 g/mol. The van der Waals surface area contributed by atoms with E-state index < -0.39 is 6.10 Å². The largest absolute Gasteiger partial charge is 0.497 e. The fourth-order valence-electron chi connectivity index (χ4n) is 2.67. The second kappa shape index (κ2) is 7.98. The molecule has 134 valence electrons. The molecule has 1 atom stereocenters. The third kappa shape index (κ3) is 4.28. The van der Waals surface area contributed by atoms with Gasteiger partial charge in [0.15, 0.2) is 11.5 Å². The molecule has 1 unspecified atom stereocenters. The summed E-state index contributed by atoms with van der Waals surface area (Å²) in [5.74, 6) is 2.96. The number of benzene rings is 2. The van der Waals surface area contributed by atoms with E-state index in [1.54, 1.807) is 7.11 Å². The number of hydrogen-bond acceptors (Lipinski definition) is 6. The Labute approximate surface area is 147 Å². The molecule has 6 heteroatoms. The van der Waals surface area contributed by atoms with Crippen molar-refractivity contribution in [1.82, 2.24) is 0 Å². The van der Waals surface area contributed by atoms with Crippen LogP contribution in [0.1, 0.15) is 6.92 Å². The number of hydrogen-bond donors (Lipinski definition) is 1. The first kappa shape index (κ1) is 17.2. The lowest BCUT2D eigenvalue weighted by atomic mass is 10.2. The van der Waals surface area contributed by atoms with Gasteiger partial charge in [0.25, 0.3) is 0 Å². The Morgan fingerprint density at radius 3 is 2.52 bits per heavy atom. The van der Waals surface area contributed by atoms with E-state index in [-0.39, 0.29) is 13.4 Å². The summed E-state index contributed by atoms with van der Waals surface area (Å²) in [4.78, 5) is 2.07. The number of fused-ring (bicyclic) bond motifs is 1. The van der Waals surface area contributed by atoms with Crippen LogP contribution in [0.5, 0.6) is 23.0 Å². The van der Waals surface area contributed by atoms with Gasteiger partial charge in [0.1, 0.15) is 24.2 Å². The summed E-state index contributed by atoms with van der Waals surface area (Å²) >= 11 is 0. The topological polar surface area (TPSA) is 60.4 Å². The molecule has 3 rings (SSSR count). The molecule has 0 radical (unpaired) electrons. The highest BCUT2D eigenvalue weighted by molar-refractivity contribution is 5.57. The van der Waals surface area contributed by atoms with Gasteiger partial charge in [0.05, 0.1) is 7.11 Å². The van der Waals surface area contributed by atoms with Gasteiger partial charge < -0.3 is 29.0 Å². The maximum absolute atomic E-state index is 10.3. The van der Waals surface area contributed by atoms with Gasteiger partial charge in [-0.15, -0.1) is 0 Å². The fourth-order valence-corrected chi connectivity index (χ4v) is 2.67. The van der Waals surface area contributed by atoms with Crippen LogP contribution in [-0.2, 0) is 0 Å². The van der Waals surface area contributed by atoms with Gasteiger partial charge in [-0.05, 0) is 43.3 Å². The zero-order valence-electron chi connectivity index (χ0n) is 14.5. The summed E-state index contributed by atoms with van der Waals surface area (Å²) < 4.78 is 21.5. The van der Waals surface area contributed by atoms with Crippen molar-refractivity contribution in [1.29, 1.82) is 0 Å². The van der Waals surface area contributed by atoms with Crippen LogP contribution in [0.3, 0.4) is 0 Å². The molecule has 2 aromatic rings. The average molecular weight is 345 g/mol. The molecule has 1 N–H and O–H groups in total. The first-order chi connectivity index (χ1) is 12.2. The molecule has 1 aliphatic rings. The van der Waals surface area contributed by atoms with Crippen molar-refractivity contribution in [3.63, 3.8) is 0 Å². The molecule has 2 aromatic carbocycles. The third-order valence-electron chi connectivity index (χ3n) is 4.04. The lowest BCUT2D eigenvalue weighted by Crippen LogP contribution is -2.35. The smallest absolute Gasteiger partial charge is 0.231 e. The number of anilines is 1. The van der Waals surface area contributed by atoms with Crippen LogP contribution in [-0.4, -0.2) is 44.8 Å². The Balaban J connectivity index is 1.55. The van der Waals surface area contributed by atoms with Gasteiger partial charge in [0.2, 0.25) is 6.79 Å². The Morgan fingerprint density at radius 2 is 1.80 bits per heavy atom. The number of aliphatic hydroxyl groups excluding tert-OH is 1. The Hall–Kier alpha value is -2.60. The van der Waals surface area contributed by atoms with E-state index in [1.807, 2.05) is 49.4 Å². The molecule has 0 fully saturated rings. The normalized spacial score (nSPS) is 13.4. The van der Waals surface area contributed by atoms with Gasteiger partial charge in [-0.1, -0.05) is 0 Å². The Kier molecular flexibility index (Phi) is 5.50. The quantitative estimate of drug-likeness (QED) is 0.794. The van der Waals surface area contributed by atoms with E-state index in [0.717, 1.165) is 29.5 Å². The highest BCUT2D eigenvalue weighted by atomic mass is 16.7. The van der Waals surface area contributed by atoms with Crippen molar-refractivity contribution in [2.75, 3.05) is 38.5 Å². The SMILES string of the molecule is CCN(CC(O)COc1ccc(OC)cc1)c1ccc2c(c1)OCO2. The Bertz CT molecular complexity index is 689. The van der Waals surface area contributed by atoms with E-state index in [9.17, 15) is 5.11 Å². The maximum atomic E-state index is 10.3. The zero-order chi connectivity index (χ0) is 17.6. The predicted octanol–water partition coefficient (Wildman–Crippen LogP) is 2.69. The molecule has 0 spiro atoms. The lowest BCUT2D eigenvalue weighted by Gasteiger charge is -2.26. The molecule has 0 amide bonds. The highest BCUT2D eigenvalue weighted by Gasteiger charge is 2.17. The summed E-state index contributed by atoms with van der Waals surface area (Å²) in [7, 11) is 1.62. The maximum Gasteiger partial charge on any atom is 0.231 e. The minimum atomic E-state index is -0.618. The monoisotopic (exact) mass is 345 g/mol. The van der Waals surface area contributed by atoms with Gasteiger partial charge >= 0.3 is 0 Å². The van der Waals surface area contributed by atoms with Crippen molar-refractivity contribution in [2.24, 2.45) is 0 Å². The first-order valence-corrected chi connectivity index (χ1v) is 8.29.